The molecule has 0 radical (unpaired) electrons. The Hall–Kier alpha value is -2.73. The van der Waals surface area contributed by atoms with E-state index in [9.17, 15) is 10.1 Å². The van der Waals surface area contributed by atoms with Crippen LogP contribution in [0.4, 0.5) is 5.69 Å². The van der Waals surface area contributed by atoms with Gasteiger partial charge in [0, 0.05) is 5.69 Å². The maximum Gasteiger partial charge on any atom is 0.266 e. The Labute approximate surface area is 216 Å². The van der Waals surface area contributed by atoms with Crippen LogP contribution in [-0.2, 0) is 11.4 Å². The minimum absolute atomic E-state index is 0.0289. The molecule has 168 valence electrons. The van der Waals surface area contributed by atoms with Crippen LogP contribution in [0.5, 0.6) is 11.5 Å². The summed E-state index contributed by atoms with van der Waals surface area (Å²) in [5.74, 6) is 0.533. The number of anilines is 1. The highest BCUT2D eigenvalue weighted by molar-refractivity contribution is 14.1. The number of benzene rings is 3. The van der Waals surface area contributed by atoms with E-state index in [1.54, 1.807) is 24.3 Å². The summed E-state index contributed by atoms with van der Waals surface area (Å²) in [6, 6.07) is 18.1. The molecule has 1 N–H and O–H groups in total. The molecule has 8 heteroatoms. The van der Waals surface area contributed by atoms with Gasteiger partial charge < -0.3 is 14.8 Å². The quantitative estimate of drug-likeness (QED) is 0.181. The van der Waals surface area contributed by atoms with Crippen LogP contribution in [0.15, 0.2) is 60.2 Å². The summed E-state index contributed by atoms with van der Waals surface area (Å²) in [7, 11) is 1.53. The van der Waals surface area contributed by atoms with Crippen LogP contribution in [-0.4, -0.2) is 13.0 Å². The van der Waals surface area contributed by atoms with Gasteiger partial charge in [-0.15, -0.1) is 0 Å². The van der Waals surface area contributed by atoms with Crippen LogP contribution in [0.3, 0.4) is 0 Å². The molecule has 0 saturated heterocycles. The first-order valence-electron chi connectivity index (χ1n) is 9.74. The van der Waals surface area contributed by atoms with Crippen molar-refractivity contribution in [3.8, 4) is 17.6 Å². The van der Waals surface area contributed by atoms with Gasteiger partial charge in [-0.05, 0) is 88.7 Å². The summed E-state index contributed by atoms with van der Waals surface area (Å²) in [6.07, 6.45) is 1.51. The Balaban J connectivity index is 1.82. The number of carbonyl (C=O) groups is 1. The van der Waals surface area contributed by atoms with Crippen molar-refractivity contribution in [2.75, 3.05) is 12.4 Å². The van der Waals surface area contributed by atoms with Gasteiger partial charge in [0.1, 0.15) is 18.2 Å². The second kappa shape index (κ2) is 11.4. The SMILES string of the molecule is COc1cc(/C=C(/C#N)C(=O)Nc2cccc(C)c2)cc(I)c1OCc1ccc(Cl)c(Cl)c1. The average molecular weight is 593 g/mol. The lowest BCUT2D eigenvalue weighted by Crippen LogP contribution is -2.13. The van der Waals surface area contributed by atoms with Gasteiger partial charge in [0.15, 0.2) is 11.5 Å². The number of aryl methyl sites for hydroxylation is 1. The van der Waals surface area contributed by atoms with E-state index in [1.807, 2.05) is 43.3 Å². The zero-order valence-electron chi connectivity index (χ0n) is 17.8. The molecule has 3 rings (SSSR count). The summed E-state index contributed by atoms with van der Waals surface area (Å²) < 4.78 is 12.2. The van der Waals surface area contributed by atoms with E-state index >= 15 is 0 Å². The Morgan fingerprint density at radius 1 is 1.15 bits per heavy atom. The average Bonchev–Trinajstić information content (AvgIpc) is 2.78. The third-order valence-electron chi connectivity index (χ3n) is 4.57. The monoisotopic (exact) mass is 592 g/mol. The number of nitriles is 1. The molecule has 5 nitrogen and oxygen atoms in total. The molecule has 0 aliphatic rings. The van der Waals surface area contributed by atoms with Crippen LogP contribution in [0.2, 0.25) is 10.0 Å². The fraction of sp³-hybridized carbons (Fsp3) is 0.120. The van der Waals surface area contributed by atoms with Gasteiger partial charge in [-0.2, -0.15) is 5.26 Å². The van der Waals surface area contributed by atoms with Crippen LogP contribution in [0, 0.1) is 21.8 Å². The predicted octanol–water partition coefficient (Wildman–Crippen LogP) is 7.04. The summed E-state index contributed by atoms with van der Waals surface area (Å²) in [4.78, 5) is 12.6. The lowest BCUT2D eigenvalue weighted by atomic mass is 10.1. The fourth-order valence-corrected chi connectivity index (χ4v) is 4.09. The maximum absolute atomic E-state index is 12.6. The van der Waals surface area contributed by atoms with Crippen LogP contribution >= 0.6 is 45.8 Å². The van der Waals surface area contributed by atoms with Gasteiger partial charge in [0.2, 0.25) is 0 Å². The molecule has 3 aromatic rings. The molecular weight excluding hydrogens is 574 g/mol. The summed E-state index contributed by atoms with van der Waals surface area (Å²) in [5.41, 5.74) is 3.09. The summed E-state index contributed by atoms with van der Waals surface area (Å²) in [5, 5.41) is 13.2. The molecule has 1 amide bonds. The number of ether oxygens (including phenoxy) is 2. The first-order chi connectivity index (χ1) is 15.8. The van der Waals surface area contributed by atoms with Crippen LogP contribution in [0.1, 0.15) is 16.7 Å². The first-order valence-corrected chi connectivity index (χ1v) is 11.6. The number of carbonyl (C=O) groups excluding carboxylic acids is 1. The van der Waals surface area contributed by atoms with E-state index < -0.39 is 5.91 Å². The van der Waals surface area contributed by atoms with Gasteiger partial charge in [-0.1, -0.05) is 41.4 Å². The van der Waals surface area contributed by atoms with Gasteiger partial charge in [-0.25, -0.2) is 0 Å². The largest absolute Gasteiger partial charge is 0.493 e. The summed E-state index contributed by atoms with van der Waals surface area (Å²) in [6.45, 7) is 2.19. The summed E-state index contributed by atoms with van der Waals surface area (Å²) >= 11 is 14.2. The van der Waals surface area contributed by atoms with Crippen molar-refractivity contribution in [1.29, 1.82) is 5.26 Å². The fourth-order valence-electron chi connectivity index (χ4n) is 2.98. The van der Waals surface area contributed by atoms with Crippen molar-refractivity contribution in [2.45, 2.75) is 13.5 Å². The number of hydrogen-bond acceptors (Lipinski definition) is 4. The highest BCUT2D eigenvalue weighted by Gasteiger charge is 2.15. The van der Waals surface area contributed by atoms with E-state index in [4.69, 9.17) is 32.7 Å². The number of methoxy groups -OCH3 is 1. The number of rotatable bonds is 7. The van der Waals surface area contributed by atoms with E-state index in [-0.39, 0.29) is 12.2 Å². The Morgan fingerprint density at radius 2 is 1.94 bits per heavy atom. The van der Waals surface area contributed by atoms with Crippen molar-refractivity contribution < 1.29 is 14.3 Å². The molecule has 0 spiro atoms. The van der Waals surface area contributed by atoms with E-state index in [0.717, 1.165) is 14.7 Å². The molecule has 0 aliphatic carbocycles. The number of hydrogen-bond donors (Lipinski definition) is 1. The van der Waals surface area contributed by atoms with Gasteiger partial charge in [0.25, 0.3) is 5.91 Å². The predicted molar refractivity (Wildman–Crippen MR) is 140 cm³/mol. The third-order valence-corrected chi connectivity index (χ3v) is 6.11. The molecule has 0 atom stereocenters. The molecule has 3 aromatic carbocycles. The minimum Gasteiger partial charge on any atom is -0.493 e. The molecular formula is C25H19Cl2IN2O3. The van der Waals surface area contributed by atoms with Crippen molar-refractivity contribution >= 4 is 63.5 Å². The molecule has 0 heterocycles. The van der Waals surface area contributed by atoms with Crippen molar-refractivity contribution in [2.24, 2.45) is 0 Å². The third kappa shape index (κ3) is 6.64. The van der Waals surface area contributed by atoms with E-state index in [0.29, 0.717) is 32.8 Å². The Kier molecular flexibility index (Phi) is 8.61. The number of amides is 1. The lowest BCUT2D eigenvalue weighted by molar-refractivity contribution is -0.112. The molecule has 33 heavy (non-hydrogen) atoms. The van der Waals surface area contributed by atoms with Crippen LogP contribution < -0.4 is 14.8 Å². The smallest absolute Gasteiger partial charge is 0.266 e. The standard InChI is InChI=1S/C25H19Cl2IN2O3/c1-15-4-3-5-19(8-15)30-25(31)18(13-29)9-17-11-22(28)24(23(12-17)32-2)33-14-16-6-7-20(26)21(27)10-16/h3-12H,14H2,1-2H3,(H,30,31)/b18-9-. The highest BCUT2D eigenvalue weighted by Crippen LogP contribution is 2.35. The van der Waals surface area contributed by atoms with Crippen molar-refractivity contribution in [3.05, 3.63) is 90.5 Å². The molecule has 0 saturated carbocycles. The highest BCUT2D eigenvalue weighted by atomic mass is 127. The van der Waals surface area contributed by atoms with Crippen molar-refractivity contribution in [3.63, 3.8) is 0 Å². The lowest BCUT2D eigenvalue weighted by Gasteiger charge is -2.14. The molecule has 0 fully saturated rings. The number of halogens is 3. The van der Waals surface area contributed by atoms with Gasteiger partial charge in [-0.3, -0.25) is 4.79 Å². The van der Waals surface area contributed by atoms with E-state index in [1.165, 1.54) is 13.2 Å². The van der Waals surface area contributed by atoms with Gasteiger partial charge >= 0.3 is 0 Å². The first kappa shape index (κ1) is 24.9. The zero-order chi connectivity index (χ0) is 24.0. The molecule has 0 bridgehead atoms. The zero-order valence-corrected chi connectivity index (χ0v) is 21.5. The second-order valence-electron chi connectivity index (χ2n) is 7.06. The molecule has 0 aromatic heterocycles. The number of nitrogens with one attached hydrogen (secondary N) is 1. The van der Waals surface area contributed by atoms with E-state index in [2.05, 4.69) is 27.9 Å². The van der Waals surface area contributed by atoms with Gasteiger partial charge in [0.05, 0.1) is 20.7 Å². The second-order valence-corrected chi connectivity index (χ2v) is 9.04. The number of nitrogens with zero attached hydrogens (tertiary/aromatic N) is 1. The Morgan fingerprint density at radius 3 is 2.61 bits per heavy atom. The maximum atomic E-state index is 12.6. The van der Waals surface area contributed by atoms with Crippen LogP contribution in [0.25, 0.3) is 6.08 Å². The normalized spacial score (nSPS) is 11.0. The van der Waals surface area contributed by atoms with Crippen molar-refractivity contribution in [1.82, 2.24) is 0 Å². The Bertz CT molecular complexity index is 1270. The molecule has 0 aliphatic heterocycles. The topological polar surface area (TPSA) is 71.3 Å². The molecule has 0 unspecified atom stereocenters. The minimum atomic E-state index is -0.489.